The van der Waals surface area contributed by atoms with E-state index < -0.39 is 11.3 Å². The molecule has 0 saturated heterocycles. The average Bonchev–Trinajstić information content (AvgIpc) is 1.81. The van der Waals surface area contributed by atoms with Gasteiger partial charge in [0.2, 0.25) is 0 Å². The molecule has 0 aromatic rings. The van der Waals surface area contributed by atoms with Gasteiger partial charge in [0.15, 0.2) is 0 Å². The van der Waals surface area contributed by atoms with Crippen LogP contribution >= 0.6 is 0 Å². The van der Waals surface area contributed by atoms with E-state index in [1.807, 2.05) is 20.8 Å². The van der Waals surface area contributed by atoms with Gasteiger partial charge in [0.05, 0.1) is 0 Å². The van der Waals surface area contributed by atoms with Crippen molar-refractivity contribution in [1.82, 2.24) is 4.31 Å². The van der Waals surface area contributed by atoms with Crippen molar-refractivity contribution in [2.24, 2.45) is 0 Å². The van der Waals surface area contributed by atoms with Gasteiger partial charge in [-0.1, -0.05) is 6.92 Å². The summed E-state index contributed by atoms with van der Waals surface area (Å²) < 4.78 is 22.3. The molecule has 4 heteroatoms. The molecule has 0 N–H and O–H groups in total. The lowest BCUT2D eigenvalue weighted by Crippen LogP contribution is -2.33. The fourth-order valence-corrected chi connectivity index (χ4v) is 1.40. The average molecular weight is 164 g/mol. The first kappa shape index (κ1) is 10.1. The minimum absolute atomic E-state index is 0.0817. The topological polar surface area (TPSA) is 43.4 Å². The van der Waals surface area contributed by atoms with E-state index in [0.29, 0.717) is 6.54 Å². The second-order valence-electron chi connectivity index (χ2n) is 2.45. The zero-order valence-corrected chi connectivity index (χ0v) is 7.48. The Bertz CT molecular complexity index is 116. The molecule has 1 atom stereocenters. The highest BCUT2D eigenvalue weighted by Crippen LogP contribution is 2.00. The lowest BCUT2D eigenvalue weighted by molar-refractivity contribution is 0.338. The van der Waals surface area contributed by atoms with Gasteiger partial charge in [0, 0.05) is 23.9 Å². The first-order valence-electron chi connectivity index (χ1n) is 3.45. The molecule has 0 fully saturated rings. The van der Waals surface area contributed by atoms with Crippen LogP contribution in [0.15, 0.2) is 0 Å². The number of hydrogen-bond donors (Lipinski definition) is 0. The zero-order valence-electron chi connectivity index (χ0n) is 6.66. The van der Waals surface area contributed by atoms with Crippen molar-refractivity contribution in [2.45, 2.75) is 33.2 Å². The molecule has 1 unspecified atom stereocenters. The minimum atomic E-state index is -2.05. The van der Waals surface area contributed by atoms with E-state index in [1.54, 1.807) is 0 Å². The third-order valence-electron chi connectivity index (χ3n) is 1.21. The quantitative estimate of drug-likeness (QED) is 0.579. The molecule has 0 aliphatic rings. The summed E-state index contributed by atoms with van der Waals surface area (Å²) in [7, 11) is 0. The normalized spacial score (nSPS) is 14.6. The molecule has 0 spiro atoms. The standard InChI is InChI=1S/C6H15NO2S/c1-4-5-7(6(2)3)10(8)9/h6H,4-5H2,1-3H3,(H,8,9)/p-1. The highest BCUT2D eigenvalue weighted by molar-refractivity contribution is 7.76. The molecule has 62 valence electrons. The maximum absolute atomic E-state index is 10.5. The van der Waals surface area contributed by atoms with Crippen LogP contribution in [-0.2, 0) is 11.3 Å². The number of hydrogen-bond acceptors (Lipinski definition) is 2. The van der Waals surface area contributed by atoms with Crippen LogP contribution in [0.4, 0.5) is 0 Å². The molecule has 0 heterocycles. The summed E-state index contributed by atoms with van der Waals surface area (Å²) in [6.07, 6.45) is 0.867. The molecule has 0 aromatic carbocycles. The van der Waals surface area contributed by atoms with E-state index in [2.05, 4.69) is 0 Å². The Labute approximate surface area is 64.8 Å². The van der Waals surface area contributed by atoms with Gasteiger partial charge in [-0.2, -0.15) is 0 Å². The van der Waals surface area contributed by atoms with Gasteiger partial charge in [-0.15, -0.1) is 0 Å². The van der Waals surface area contributed by atoms with E-state index >= 15 is 0 Å². The summed E-state index contributed by atoms with van der Waals surface area (Å²) in [5.74, 6) is 0. The molecule has 0 amide bonds. The maximum atomic E-state index is 10.5. The summed E-state index contributed by atoms with van der Waals surface area (Å²) in [6.45, 7) is 6.31. The van der Waals surface area contributed by atoms with E-state index in [9.17, 15) is 8.76 Å². The van der Waals surface area contributed by atoms with Crippen LogP contribution in [0.2, 0.25) is 0 Å². The molecule has 0 saturated carbocycles. The first-order chi connectivity index (χ1) is 4.59. The minimum Gasteiger partial charge on any atom is -0.760 e. The van der Waals surface area contributed by atoms with Crippen molar-refractivity contribution in [3.05, 3.63) is 0 Å². The van der Waals surface area contributed by atoms with Gasteiger partial charge < -0.3 is 4.55 Å². The van der Waals surface area contributed by atoms with Gasteiger partial charge in [0.1, 0.15) is 0 Å². The van der Waals surface area contributed by atoms with Crippen molar-refractivity contribution < 1.29 is 8.76 Å². The van der Waals surface area contributed by atoms with E-state index in [4.69, 9.17) is 0 Å². The molecule has 0 aliphatic heterocycles. The van der Waals surface area contributed by atoms with Crippen molar-refractivity contribution in [3.63, 3.8) is 0 Å². The molecule has 0 aromatic heterocycles. The van der Waals surface area contributed by atoms with Crippen molar-refractivity contribution in [2.75, 3.05) is 6.54 Å². The Hall–Kier alpha value is 0.0700. The Balaban J connectivity index is 3.85. The molecule has 0 radical (unpaired) electrons. The molecular weight excluding hydrogens is 150 g/mol. The van der Waals surface area contributed by atoms with Gasteiger partial charge in [-0.25, -0.2) is 4.31 Å². The highest BCUT2D eigenvalue weighted by Gasteiger charge is 2.06. The molecule has 3 nitrogen and oxygen atoms in total. The Kier molecular flexibility index (Phi) is 4.85. The highest BCUT2D eigenvalue weighted by atomic mass is 32.2. The fourth-order valence-electron chi connectivity index (χ4n) is 0.725. The number of rotatable bonds is 4. The van der Waals surface area contributed by atoms with Crippen LogP contribution in [0.5, 0.6) is 0 Å². The van der Waals surface area contributed by atoms with Gasteiger partial charge in [0.25, 0.3) is 0 Å². The fraction of sp³-hybridized carbons (Fsp3) is 1.00. The third-order valence-corrected chi connectivity index (χ3v) is 2.20. The predicted octanol–water partition coefficient (Wildman–Crippen LogP) is 0.901. The lowest BCUT2D eigenvalue weighted by atomic mass is 10.4. The van der Waals surface area contributed by atoms with Crippen LogP contribution in [0.25, 0.3) is 0 Å². The van der Waals surface area contributed by atoms with Gasteiger partial charge in [-0.3, -0.25) is 4.21 Å². The molecular formula is C6H14NO2S-. The third kappa shape index (κ3) is 3.29. The first-order valence-corrected chi connectivity index (χ1v) is 4.48. The van der Waals surface area contributed by atoms with Crippen LogP contribution in [0.3, 0.4) is 0 Å². The molecule has 0 aliphatic carbocycles. The molecule has 10 heavy (non-hydrogen) atoms. The summed E-state index contributed by atoms with van der Waals surface area (Å²) in [5, 5.41) is 0. The van der Waals surface area contributed by atoms with Crippen LogP contribution in [0.1, 0.15) is 27.2 Å². The zero-order chi connectivity index (χ0) is 8.15. The second kappa shape index (κ2) is 4.82. The second-order valence-corrected chi connectivity index (χ2v) is 3.35. The van der Waals surface area contributed by atoms with Crippen molar-refractivity contribution >= 4 is 11.3 Å². The van der Waals surface area contributed by atoms with Crippen LogP contribution in [0, 0.1) is 0 Å². The lowest BCUT2D eigenvalue weighted by Gasteiger charge is -2.27. The van der Waals surface area contributed by atoms with Gasteiger partial charge in [-0.05, 0) is 20.3 Å². The SMILES string of the molecule is CCCN(C(C)C)S(=O)[O-]. The predicted molar refractivity (Wildman–Crippen MR) is 41.1 cm³/mol. The number of nitrogens with zero attached hydrogens (tertiary/aromatic N) is 1. The van der Waals surface area contributed by atoms with E-state index in [0.717, 1.165) is 6.42 Å². The van der Waals surface area contributed by atoms with Crippen molar-refractivity contribution in [3.8, 4) is 0 Å². The van der Waals surface area contributed by atoms with E-state index in [1.165, 1.54) is 4.31 Å². The summed E-state index contributed by atoms with van der Waals surface area (Å²) in [4.78, 5) is 0. The summed E-state index contributed by atoms with van der Waals surface area (Å²) >= 11 is -2.05. The van der Waals surface area contributed by atoms with Crippen LogP contribution in [-0.4, -0.2) is 25.7 Å². The summed E-state index contributed by atoms with van der Waals surface area (Å²) in [5.41, 5.74) is 0. The van der Waals surface area contributed by atoms with Crippen molar-refractivity contribution in [1.29, 1.82) is 0 Å². The Morgan fingerprint density at radius 3 is 2.20 bits per heavy atom. The molecule has 0 rings (SSSR count). The smallest absolute Gasteiger partial charge is 0.0211 e. The largest absolute Gasteiger partial charge is 0.760 e. The maximum Gasteiger partial charge on any atom is 0.0211 e. The van der Waals surface area contributed by atoms with E-state index in [-0.39, 0.29) is 6.04 Å². The Morgan fingerprint density at radius 1 is 1.60 bits per heavy atom. The monoisotopic (exact) mass is 164 g/mol. The van der Waals surface area contributed by atoms with Crippen LogP contribution < -0.4 is 0 Å². The molecule has 0 bridgehead atoms. The van der Waals surface area contributed by atoms with Gasteiger partial charge >= 0.3 is 0 Å². The Morgan fingerprint density at radius 2 is 2.10 bits per heavy atom. The summed E-state index contributed by atoms with van der Waals surface area (Å²) in [6, 6.07) is 0.0817.